The summed E-state index contributed by atoms with van der Waals surface area (Å²) < 4.78 is 25.8. The number of carbonyl (C=O) groups is 1. The summed E-state index contributed by atoms with van der Waals surface area (Å²) >= 11 is 0. The fourth-order valence-electron chi connectivity index (χ4n) is 3.57. The van der Waals surface area contributed by atoms with Gasteiger partial charge in [0.25, 0.3) is 0 Å². The van der Waals surface area contributed by atoms with E-state index in [0.29, 0.717) is 24.2 Å². The van der Waals surface area contributed by atoms with Crippen molar-refractivity contribution in [2.24, 2.45) is 11.1 Å². The highest BCUT2D eigenvalue weighted by molar-refractivity contribution is 5.69. The van der Waals surface area contributed by atoms with Crippen molar-refractivity contribution in [1.29, 1.82) is 0 Å². The summed E-state index contributed by atoms with van der Waals surface area (Å²) in [7, 11) is 0. The normalized spacial score (nSPS) is 17.6. The van der Waals surface area contributed by atoms with E-state index in [0.717, 1.165) is 23.3 Å². The largest absolute Gasteiger partial charge is 0.494 e. The van der Waals surface area contributed by atoms with E-state index in [-0.39, 0.29) is 11.2 Å². The Morgan fingerprint density at radius 3 is 2.77 bits per heavy atom. The maximum atomic E-state index is 14.9. The monoisotopic (exact) mass is 357 g/mol. The van der Waals surface area contributed by atoms with Crippen LogP contribution in [-0.2, 0) is 11.2 Å². The van der Waals surface area contributed by atoms with Crippen LogP contribution in [0.5, 0.6) is 5.75 Å². The van der Waals surface area contributed by atoms with Gasteiger partial charge >= 0.3 is 6.09 Å². The number of benzene rings is 2. The van der Waals surface area contributed by atoms with Crippen LogP contribution in [0.3, 0.4) is 0 Å². The van der Waals surface area contributed by atoms with E-state index in [1.54, 1.807) is 0 Å². The molecule has 0 bridgehead atoms. The standard InChI is InChI=1S/C21H24FNO3/c1-4-8-25-15-7-5-6-13(9-15)16-10-14-12-21(2,3)19(26-20(23)24)17(14)11-18(16)22/h5-7,9-11,19H,4,8,12H2,1-3H3,(H2,23,24)/t19-/m0/s1. The van der Waals surface area contributed by atoms with Gasteiger partial charge in [0.1, 0.15) is 17.7 Å². The maximum absolute atomic E-state index is 14.9. The lowest BCUT2D eigenvalue weighted by Gasteiger charge is -2.26. The molecule has 2 aromatic rings. The molecule has 3 rings (SSSR count). The van der Waals surface area contributed by atoms with Crippen molar-refractivity contribution in [1.82, 2.24) is 0 Å². The molecular formula is C21H24FNO3. The van der Waals surface area contributed by atoms with E-state index in [9.17, 15) is 9.18 Å². The van der Waals surface area contributed by atoms with E-state index in [2.05, 4.69) is 0 Å². The van der Waals surface area contributed by atoms with Crippen LogP contribution < -0.4 is 10.5 Å². The molecule has 0 saturated heterocycles. The van der Waals surface area contributed by atoms with E-state index in [4.69, 9.17) is 15.2 Å². The smallest absolute Gasteiger partial charge is 0.405 e. The molecule has 1 amide bonds. The minimum absolute atomic E-state index is 0.339. The summed E-state index contributed by atoms with van der Waals surface area (Å²) in [6, 6.07) is 10.7. The van der Waals surface area contributed by atoms with Crippen molar-refractivity contribution in [2.45, 2.75) is 39.7 Å². The number of fused-ring (bicyclic) bond motifs is 1. The molecule has 0 unspecified atom stereocenters. The lowest BCUT2D eigenvalue weighted by Crippen LogP contribution is -2.25. The molecule has 1 aliphatic rings. The molecule has 1 aliphatic carbocycles. The number of nitrogens with two attached hydrogens (primary N) is 1. The summed E-state index contributed by atoms with van der Waals surface area (Å²) in [6.45, 7) is 6.63. The fraction of sp³-hybridized carbons (Fsp3) is 0.381. The Morgan fingerprint density at radius 2 is 2.08 bits per heavy atom. The SMILES string of the molecule is CCCOc1cccc(-c2cc3c(cc2F)[C@H](OC(N)=O)C(C)(C)C3)c1. The van der Waals surface area contributed by atoms with Gasteiger partial charge in [-0.3, -0.25) is 0 Å². The molecule has 0 aromatic heterocycles. The van der Waals surface area contributed by atoms with Crippen LogP contribution in [0.25, 0.3) is 11.1 Å². The second kappa shape index (κ2) is 6.98. The number of primary amides is 1. The molecule has 0 aliphatic heterocycles. The summed E-state index contributed by atoms with van der Waals surface area (Å²) in [4.78, 5) is 11.2. The molecule has 0 saturated carbocycles. The first kappa shape index (κ1) is 18.2. The van der Waals surface area contributed by atoms with Crippen molar-refractivity contribution in [3.63, 3.8) is 0 Å². The Hall–Kier alpha value is -2.56. The number of hydrogen-bond acceptors (Lipinski definition) is 3. The number of ether oxygens (including phenoxy) is 2. The average molecular weight is 357 g/mol. The van der Waals surface area contributed by atoms with Gasteiger partial charge in [-0.25, -0.2) is 9.18 Å². The van der Waals surface area contributed by atoms with E-state index < -0.39 is 12.2 Å². The first-order chi connectivity index (χ1) is 12.3. The molecule has 0 spiro atoms. The second-order valence-electron chi connectivity index (χ2n) is 7.39. The van der Waals surface area contributed by atoms with Gasteiger partial charge in [0.2, 0.25) is 0 Å². The Bertz CT molecular complexity index is 832. The first-order valence-electron chi connectivity index (χ1n) is 8.83. The molecule has 0 radical (unpaired) electrons. The van der Waals surface area contributed by atoms with Gasteiger partial charge in [0, 0.05) is 11.0 Å². The van der Waals surface area contributed by atoms with Crippen LogP contribution >= 0.6 is 0 Å². The zero-order chi connectivity index (χ0) is 18.9. The third-order valence-corrected chi connectivity index (χ3v) is 4.72. The molecule has 2 N–H and O–H groups in total. The number of halogens is 1. The zero-order valence-corrected chi connectivity index (χ0v) is 15.3. The van der Waals surface area contributed by atoms with Gasteiger partial charge in [-0.05, 0) is 53.8 Å². The van der Waals surface area contributed by atoms with Crippen LogP contribution in [0.1, 0.15) is 44.4 Å². The fourth-order valence-corrected chi connectivity index (χ4v) is 3.57. The van der Waals surface area contributed by atoms with Crippen LogP contribution in [0.4, 0.5) is 9.18 Å². The highest BCUT2D eigenvalue weighted by atomic mass is 19.1. The van der Waals surface area contributed by atoms with Crippen LogP contribution in [-0.4, -0.2) is 12.7 Å². The Kier molecular flexibility index (Phi) is 4.90. The molecule has 1 atom stereocenters. The van der Waals surface area contributed by atoms with E-state index in [1.165, 1.54) is 6.07 Å². The summed E-state index contributed by atoms with van der Waals surface area (Å²) in [5.74, 6) is 0.367. The summed E-state index contributed by atoms with van der Waals surface area (Å²) in [5, 5.41) is 0. The average Bonchev–Trinajstić information content (AvgIpc) is 2.82. The van der Waals surface area contributed by atoms with Crippen LogP contribution in [0.15, 0.2) is 36.4 Å². The minimum Gasteiger partial charge on any atom is -0.494 e. The van der Waals surface area contributed by atoms with Gasteiger partial charge in [-0.2, -0.15) is 0 Å². The molecule has 5 heteroatoms. The van der Waals surface area contributed by atoms with Crippen molar-refractivity contribution in [3.8, 4) is 16.9 Å². The van der Waals surface area contributed by atoms with Crippen molar-refractivity contribution in [3.05, 3.63) is 53.3 Å². The molecule has 0 heterocycles. The summed E-state index contributed by atoms with van der Waals surface area (Å²) in [6.07, 6.45) is 0.201. The predicted molar refractivity (Wildman–Crippen MR) is 98.5 cm³/mol. The molecule has 2 aromatic carbocycles. The van der Waals surface area contributed by atoms with Crippen LogP contribution in [0, 0.1) is 11.2 Å². The first-order valence-corrected chi connectivity index (χ1v) is 8.83. The third kappa shape index (κ3) is 3.52. The third-order valence-electron chi connectivity index (χ3n) is 4.72. The topological polar surface area (TPSA) is 61.6 Å². The Balaban J connectivity index is 1.99. The zero-order valence-electron chi connectivity index (χ0n) is 15.3. The Labute approximate surface area is 153 Å². The lowest BCUT2D eigenvalue weighted by atomic mass is 9.87. The number of rotatable bonds is 5. The van der Waals surface area contributed by atoms with Gasteiger partial charge < -0.3 is 15.2 Å². The van der Waals surface area contributed by atoms with Gasteiger partial charge in [-0.1, -0.05) is 32.9 Å². The maximum Gasteiger partial charge on any atom is 0.405 e. The Morgan fingerprint density at radius 1 is 1.31 bits per heavy atom. The van der Waals surface area contributed by atoms with Gasteiger partial charge in [-0.15, -0.1) is 0 Å². The number of carbonyl (C=O) groups excluding carboxylic acids is 1. The quantitative estimate of drug-likeness (QED) is 0.819. The minimum atomic E-state index is -0.846. The van der Waals surface area contributed by atoms with Gasteiger partial charge in [0.15, 0.2) is 0 Å². The van der Waals surface area contributed by atoms with E-state index >= 15 is 0 Å². The highest BCUT2D eigenvalue weighted by Crippen LogP contribution is 2.49. The molecule has 4 nitrogen and oxygen atoms in total. The number of amides is 1. The van der Waals surface area contributed by atoms with E-state index in [1.807, 2.05) is 51.1 Å². The van der Waals surface area contributed by atoms with Crippen molar-refractivity contribution in [2.75, 3.05) is 6.61 Å². The molecular weight excluding hydrogens is 333 g/mol. The molecule has 0 fully saturated rings. The second-order valence-corrected chi connectivity index (χ2v) is 7.39. The van der Waals surface area contributed by atoms with Crippen molar-refractivity contribution < 1.29 is 18.7 Å². The van der Waals surface area contributed by atoms with Crippen molar-refractivity contribution >= 4 is 6.09 Å². The van der Waals surface area contributed by atoms with Crippen LogP contribution in [0.2, 0.25) is 0 Å². The number of hydrogen-bond donors (Lipinski definition) is 1. The summed E-state index contributed by atoms with van der Waals surface area (Å²) in [5.41, 5.74) is 7.79. The lowest BCUT2D eigenvalue weighted by molar-refractivity contribution is 0.0391. The molecule has 138 valence electrons. The molecule has 26 heavy (non-hydrogen) atoms. The van der Waals surface area contributed by atoms with Gasteiger partial charge in [0.05, 0.1) is 6.61 Å². The highest BCUT2D eigenvalue weighted by Gasteiger charge is 2.42. The predicted octanol–water partition coefficient (Wildman–Crippen LogP) is 5.00.